The number of benzene rings is 1. The second kappa shape index (κ2) is 7.01. The number of pyridine rings is 1. The van der Waals surface area contributed by atoms with Crippen molar-refractivity contribution in [3.63, 3.8) is 0 Å². The molecule has 112 valence electrons. The molecule has 2 heterocycles. The van der Waals surface area contributed by atoms with Crippen LogP contribution >= 0.6 is 0 Å². The van der Waals surface area contributed by atoms with E-state index in [2.05, 4.69) is 46.4 Å². The number of nitrogens with zero attached hydrogens (tertiary/aromatic N) is 2. The summed E-state index contributed by atoms with van der Waals surface area (Å²) in [5, 5.41) is 4.82. The molecule has 0 bridgehead atoms. The molecule has 1 unspecified atom stereocenters. The van der Waals surface area contributed by atoms with Crippen molar-refractivity contribution in [2.24, 2.45) is 5.92 Å². The van der Waals surface area contributed by atoms with E-state index in [9.17, 15) is 0 Å². The molecule has 0 radical (unpaired) electrons. The smallest absolute Gasteiger partial charge is 0.0746 e. The molecule has 1 fully saturated rings. The minimum Gasteiger partial charge on any atom is -0.312 e. The van der Waals surface area contributed by atoms with E-state index in [0.717, 1.165) is 18.6 Å². The standard InChI is InChI=1S/C18H25N3/c1-15(14-21-10-2-3-11-21)12-19-13-17-7-4-6-16-8-5-9-20-18(16)17/h4-9,15,19H,2-3,10-14H2,1H3. The Morgan fingerprint density at radius 2 is 2.00 bits per heavy atom. The van der Waals surface area contributed by atoms with E-state index in [1.165, 1.54) is 43.4 Å². The highest BCUT2D eigenvalue weighted by Gasteiger charge is 2.14. The normalized spacial score (nSPS) is 17.4. The molecular formula is C18H25N3. The van der Waals surface area contributed by atoms with Crippen LogP contribution in [-0.2, 0) is 6.54 Å². The number of hydrogen-bond donors (Lipinski definition) is 1. The zero-order chi connectivity index (χ0) is 14.5. The summed E-state index contributed by atoms with van der Waals surface area (Å²) in [5.74, 6) is 0.700. The lowest BCUT2D eigenvalue weighted by molar-refractivity contribution is 0.282. The van der Waals surface area contributed by atoms with Crippen molar-refractivity contribution in [3.8, 4) is 0 Å². The Labute approximate surface area is 127 Å². The zero-order valence-corrected chi connectivity index (χ0v) is 12.9. The third-order valence-corrected chi connectivity index (χ3v) is 4.29. The van der Waals surface area contributed by atoms with Crippen LogP contribution in [0.15, 0.2) is 36.5 Å². The lowest BCUT2D eigenvalue weighted by Crippen LogP contribution is -2.31. The summed E-state index contributed by atoms with van der Waals surface area (Å²) in [4.78, 5) is 7.10. The molecular weight excluding hydrogens is 258 g/mol. The van der Waals surface area contributed by atoms with Crippen LogP contribution in [-0.4, -0.2) is 36.1 Å². The molecule has 3 heteroatoms. The summed E-state index contributed by atoms with van der Waals surface area (Å²) in [6.45, 7) is 8.11. The van der Waals surface area contributed by atoms with Gasteiger partial charge in [0.2, 0.25) is 0 Å². The molecule has 1 aromatic carbocycles. The van der Waals surface area contributed by atoms with Gasteiger partial charge in [-0.1, -0.05) is 31.2 Å². The second-order valence-corrected chi connectivity index (χ2v) is 6.24. The average molecular weight is 283 g/mol. The first-order valence-corrected chi connectivity index (χ1v) is 8.08. The topological polar surface area (TPSA) is 28.2 Å². The number of fused-ring (bicyclic) bond motifs is 1. The Hall–Kier alpha value is -1.45. The third-order valence-electron chi connectivity index (χ3n) is 4.29. The Kier molecular flexibility index (Phi) is 4.84. The van der Waals surface area contributed by atoms with Gasteiger partial charge in [-0.15, -0.1) is 0 Å². The van der Waals surface area contributed by atoms with Gasteiger partial charge in [-0.05, 0) is 50.0 Å². The highest BCUT2D eigenvalue weighted by atomic mass is 15.1. The van der Waals surface area contributed by atoms with Crippen molar-refractivity contribution in [2.75, 3.05) is 26.2 Å². The first-order valence-electron chi connectivity index (χ1n) is 8.08. The van der Waals surface area contributed by atoms with Crippen LogP contribution in [0.3, 0.4) is 0 Å². The van der Waals surface area contributed by atoms with Gasteiger partial charge >= 0.3 is 0 Å². The molecule has 0 saturated carbocycles. The second-order valence-electron chi connectivity index (χ2n) is 6.24. The van der Waals surface area contributed by atoms with Crippen molar-refractivity contribution < 1.29 is 0 Å². The molecule has 3 rings (SSSR count). The molecule has 2 aromatic rings. The average Bonchev–Trinajstić information content (AvgIpc) is 3.00. The van der Waals surface area contributed by atoms with E-state index >= 15 is 0 Å². The summed E-state index contributed by atoms with van der Waals surface area (Å²) >= 11 is 0. The van der Waals surface area contributed by atoms with Crippen molar-refractivity contribution in [1.29, 1.82) is 0 Å². The van der Waals surface area contributed by atoms with Crippen LogP contribution in [0.5, 0.6) is 0 Å². The summed E-state index contributed by atoms with van der Waals surface area (Å²) in [6.07, 6.45) is 4.63. The highest BCUT2D eigenvalue weighted by Crippen LogP contribution is 2.16. The van der Waals surface area contributed by atoms with Crippen LogP contribution in [0.25, 0.3) is 10.9 Å². The van der Waals surface area contributed by atoms with Crippen LogP contribution in [0.4, 0.5) is 0 Å². The van der Waals surface area contributed by atoms with Gasteiger partial charge in [0.1, 0.15) is 0 Å². The summed E-state index contributed by atoms with van der Waals surface area (Å²) < 4.78 is 0. The monoisotopic (exact) mass is 283 g/mol. The number of likely N-dealkylation sites (tertiary alicyclic amines) is 1. The predicted molar refractivity (Wildman–Crippen MR) is 88.3 cm³/mol. The van der Waals surface area contributed by atoms with E-state index in [4.69, 9.17) is 0 Å². The Bertz CT molecular complexity index is 570. The summed E-state index contributed by atoms with van der Waals surface area (Å²) in [7, 11) is 0. The largest absolute Gasteiger partial charge is 0.312 e. The molecule has 1 saturated heterocycles. The fraction of sp³-hybridized carbons (Fsp3) is 0.500. The van der Waals surface area contributed by atoms with Gasteiger partial charge in [0.25, 0.3) is 0 Å². The maximum atomic E-state index is 4.51. The first kappa shape index (κ1) is 14.5. The summed E-state index contributed by atoms with van der Waals surface area (Å²) in [6, 6.07) is 10.5. The Balaban J connectivity index is 1.52. The van der Waals surface area contributed by atoms with E-state index in [0.29, 0.717) is 5.92 Å². The molecule has 1 atom stereocenters. The molecule has 21 heavy (non-hydrogen) atoms. The minimum absolute atomic E-state index is 0.700. The van der Waals surface area contributed by atoms with Gasteiger partial charge < -0.3 is 10.2 Å². The van der Waals surface area contributed by atoms with Gasteiger partial charge in [-0.2, -0.15) is 0 Å². The van der Waals surface area contributed by atoms with E-state index in [1.54, 1.807) is 0 Å². The number of hydrogen-bond acceptors (Lipinski definition) is 3. The first-order chi connectivity index (χ1) is 10.3. The van der Waals surface area contributed by atoms with E-state index in [1.807, 2.05) is 12.3 Å². The number of para-hydroxylation sites is 1. The molecule has 1 aromatic heterocycles. The van der Waals surface area contributed by atoms with Crippen LogP contribution < -0.4 is 5.32 Å². The molecule has 0 spiro atoms. The highest BCUT2D eigenvalue weighted by molar-refractivity contribution is 5.81. The number of nitrogens with one attached hydrogen (secondary N) is 1. The van der Waals surface area contributed by atoms with Crippen LogP contribution in [0, 0.1) is 5.92 Å². The SMILES string of the molecule is CC(CNCc1cccc2cccnc12)CN1CCCC1. The maximum absolute atomic E-state index is 4.51. The van der Waals surface area contributed by atoms with Crippen molar-refractivity contribution >= 4 is 10.9 Å². The van der Waals surface area contributed by atoms with Gasteiger partial charge in [0, 0.05) is 24.7 Å². The zero-order valence-electron chi connectivity index (χ0n) is 12.9. The van der Waals surface area contributed by atoms with Gasteiger partial charge in [0.05, 0.1) is 5.52 Å². The molecule has 0 aliphatic carbocycles. The lowest BCUT2D eigenvalue weighted by atomic mass is 10.1. The predicted octanol–water partition coefficient (Wildman–Crippen LogP) is 3.06. The fourth-order valence-corrected chi connectivity index (χ4v) is 3.23. The fourth-order valence-electron chi connectivity index (χ4n) is 3.23. The number of rotatable bonds is 6. The van der Waals surface area contributed by atoms with Crippen molar-refractivity contribution in [2.45, 2.75) is 26.3 Å². The quantitative estimate of drug-likeness (QED) is 0.883. The van der Waals surface area contributed by atoms with Crippen molar-refractivity contribution in [3.05, 3.63) is 42.1 Å². The van der Waals surface area contributed by atoms with Crippen molar-refractivity contribution in [1.82, 2.24) is 15.2 Å². The lowest BCUT2D eigenvalue weighted by Gasteiger charge is -2.20. The molecule has 1 aliphatic heterocycles. The molecule has 1 N–H and O–H groups in total. The molecule has 0 amide bonds. The Morgan fingerprint density at radius 1 is 1.19 bits per heavy atom. The Morgan fingerprint density at radius 3 is 2.86 bits per heavy atom. The van der Waals surface area contributed by atoms with Gasteiger partial charge in [0.15, 0.2) is 0 Å². The van der Waals surface area contributed by atoms with Crippen LogP contribution in [0.2, 0.25) is 0 Å². The minimum atomic E-state index is 0.700. The third kappa shape index (κ3) is 3.80. The molecule has 1 aliphatic rings. The van der Waals surface area contributed by atoms with Gasteiger partial charge in [-0.25, -0.2) is 0 Å². The number of aromatic nitrogens is 1. The van der Waals surface area contributed by atoms with E-state index in [-0.39, 0.29) is 0 Å². The van der Waals surface area contributed by atoms with Crippen LogP contribution in [0.1, 0.15) is 25.3 Å². The van der Waals surface area contributed by atoms with E-state index < -0.39 is 0 Å². The van der Waals surface area contributed by atoms with Gasteiger partial charge in [-0.3, -0.25) is 4.98 Å². The molecule has 3 nitrogen and oxygen atoms in total. The maximum Gasteiger partial charge on any atom is 0.0746 e. The summed E-state index contributed by atoms with van der Waals surface area (Å²) in [5.41, 5.74) is 2.42.